The smallest absolute Gasteiger partial charge is 0.315 e. The number of ether oxygens (including phenoxy) is 2. The number of carbonyl (C=O) groups excluding carboxylic acids is 1. The third-order valence-electron chi connectivity index (χ3n) is 3.69. The van der Waals surface area contributed by atoms with Crippen molar-refractivity contribution in [1.82, 2.24) is 4.98 Å². The molecule has 1 heterocycles. The number of hydrogen-bond donors (Lipinski definition) is 0. The van der Waals surface area contributed by atoms with E-state index in [0.29, 0.717) is 6.61 Å². The molecule has 0 saturated heterocycles. The number of methoxy groups -OCH3 is 1. The fourth-order valence-electron chi connectivity index (χ4n) is 2.45. The summed E-state index contributed by atoms with van der Waals surface area (Å²) in [5, 5.41) is 0.977. The molecule has 0 N–H and O–H groups in total. The van der Waals surface area contributed by atoms with E-state index in [2.05, 4.69) is 4.98 Å². The molecule has 25 heavy (non-hydrogen) atoms. The Morgan fingerprint density at radius 2 is 1.92 bits per heavy atom. The highest BCUT2D eigenvalue weighted by Crippen LogP contribution is 2.31. The molecule has 2 aromatic carbocycles. The Labute approximate surface area is 151 Å². The molecule has 0 aliphatic heterocycles. The topological polar surface area (TPSA) is 48.4 Å². The Kier molecular flexibility index (Phi) is 5.56. The van der Waals surface area contributed by atoms with Crippen molar-refractivity contribution < 1.29 is 14.3 Å². The quantitative estimate of drug-likeness (QED) is 0.486. The summed E-state index contributed by atoms with van der Waals surface area (Å²) in [6.45, 7) is 2.46. The van der Waals surface area contributed by atoms with Crippen molar-refractivity contribution in [3.8, 4) is 5.75 Å². The van der Waals surface area contributed by atoms with E-state index in [1.165, 1.54) is 18.9 Å². The number of hydrogen-bond acceptors (Lipinski definition) is 5. The van der Waals surface area contributed by atoms with E-state index in [-0.39, 0.29) is 11.7 Å². The van der Waals surface area contributed by atoms with Gasteiger partial charge in [-0.3, -0.25) is 9.78 Å². The van der Waals surface area contributed by atoms with Gasteiger partial charge in [-0.25, -0.2) is 0 Å². The minimum absolute atomic E-state index is 0.246. The minimum atomic E-state index is -0.246. The summed E-state index contributed by atoms with van der Waals surface area (Å²) in [5.74, 6) is 0.801. The number of benzene rings is 2. The second kappa shape index (κ2) is 8.03. The molecule has 0 radical (unpaired) electrons. The molecule has 0 fully saturated rings. The zero-order valence-corrected chi connectivity index (χ0v) is 15.0. The SMILES string of the molecule is COC(=O)CSc1cc(C)nc2ccc(OCc3ccccc3)cc12. The standard InChI is InChI=1S/C20H19NO3S/c1-14-10-19(25-13-20(22)23-2)17-11-16(8-9-18(17)21-14)24-12-15-6-4-3-5-7-15/h3-11H,12-13H2,1-2H3. The molecule has 0 amide bonds. The van der Waals surface area contributed by atoms with E-state index in [1.54, 1.807) is 0 Å². The molecule has 0 aliphatic rings. The van der Waals surface area contributed by atoms with E-state index in [4.69, 9.17) is 9.47 Å². The molecule has 0 spiro atoms. The van der Waals surface area contributed by atoms with Gasteiger partial charge in [0.25, 0.3) is 0 Å². The average Bonchev–Trinajstić information content (AvgIpc) is 2.65. The van der Waals surface area contributed by atoms with Gasteiger partial charge in [-0.15, -0.1) is 11.8 Å². The predicted octanol–water partition coefficient (Wildman–Crippen LogP) is 4.39. The largest absolute Gasteiger partial charge is 0.489 e. The molecular formula is C20H19NO3S. The minimum Gasteiger partial charge on any atom is -0.489 e. The van der Waals surface area contributed by atoms with E-state index < -0.39 is 0 Å². The first-order valence-electron chi connectivity index (χ1n) is 7.93. The van der Waals surface area contributed by atoms with Crippen LogP contribution >= 0.6 is 11.8 Å². The molecule has 3 rings (SSSR count). The van der Waals surface area contributed by atoms with E-state index in [0.717, 1.165) is 32.8 Å². The molecule has 0 atom stereocenters. The van der Waals surface area contributed by atoms with Crippen LogP contribution in [0.3, 0.4) is 0 Å². The Morgan fingerprint density at radius 3 is 2.68 bits per heavy atom. The lowest BCUT2D eigenvalue weighted by Gasteiger charge is -2.10. The second-order valence-electron chi connectivity index (χ2n) is 5.58. The number of thioether (sulfide) groups is 1. The Hall–Kier alpha value is -2.53. The van der Waals surface area contributed by atoms with Crippen LogP contribution in [0.25, 0.3) is 10.9 Å². The third kappa shape index (κ3) is 4.51. The van der Waals surface area contributed by atoms with Crippen LogP contribution in [0.2, 0.25) is 0 Å². The Balaban J connectivity index is 1.84. The van der Waals surface area contributed by atoms with Crippen molar-refractivity contribution in [3.05, 3.63) is 65.9 Å². The Bertz CT molecular complexity index is 881. The first-order chi connectivity index (χ1) is 12.2. The van der Waals surface area contributed by atoms with Crippen molar-refractivity contribution >= 4 is 28.6 Å². The van der Waals surface area contributed by atoms with Crippen molar-refractivity contribution in [2.45, 2.75) is 18.4 Å². The highest BCUT2D eigenvalue weighted by atomic mass is 32.2. The summed E-state index contributed by atoms with van der Waals surface area (Å²) in [6.07, 6.45) is 0. The van der Waals surface area contributed by atoms with Crippen LogP contribution in [0, 0.1) is 6.92 Å². The number of aryl methyl sites for hydroxylation is 1. The molecule has 0 bridgehead atoms. The van der Waals surface area contributed by atoms with Gasteiger partial charge in [-0.2, -0.15) is 0 Å². The number of pyridine rings is 1. The molecular weight excluding hydrogens is 334 g/mol. The second-order valence-corrected chi connectivity index (χ2v) is 6.60. The normalized spacial score (nSPS) is 10.6. The van der Waals surface area contributed by atoms with Crippen LogP contribution in [0.5, 0.6) is 5.75 Å². The fraction of sp³-hybridized carbons (Fsp3) is 0.200. The summed E-state index contributed by atoms with van der Waals surface area (Å²) in [6, 6.07) is 17.9. The highest BCUT2D eigenvalue weighted by molar-refractivity contribution is 8.00. The lowest BCUT2D eigenvalue weighted by Crippen LogP contribution is -2.03. The van der Waals surface area contributed by atoms with Gasteiger partial charge in [0.2, 0.25) is 0 Å². The van der Waals surface area contributed by atoms with E-state index in [1.807, 2.05) is 61.5 Å². The summed E-state index contributed by atoms with van der Waals surface area (Å²) in [7, 11) is 1.40. The van der Waals surface area contributed by atoms with Crippen molar-refractivity contribution in [2.75, 3.05) is 12.9 Å². The summed E-state index contributed by atoms with van der Waals surface area (Å²) < 4.78 is 10.6. The van der Waals surface area contributed by atoms with Gasteiger partial charge in [0.15, 0.2) is 0 Å². The van der Waals surface area contributed by atoms with Crippen LogP contribution in [-0.4, -0.2) is 23.8 Å². The third-order valence-corrected chi connectivity index (χ3v) is 4.72. The van der Waals surface area contributed by atoms with Crippen LogP contribution in [-0.2, 0) is 16.1 Å². The summed E-state index contributed by atoms with van der Waals surface area (Å²) in [5.41, 5.74) is 2.92. The zero-order valence-electron chi connectivity index (χ0n) is 14.2. The van der Waals surface area contributed by atoms with Gasteiger partial charge >= 0.3 is 5.97 Å². The molecule has 1 aromatic heterocycles. The number of rotatable bonds is 6. The highest BCUT2D eigenvalue weighted by Gasteiger charge is 2.09. The monoisotopic (exact) mass is 353 g/mol. The van der Waals surface area contributed by atoms with Crippen LogP contribution < -0.4 is 4.74 Å². The maximum atomic E-state index is 11.4. The molecule has 5 heteroatoms. The van der Waals surface area contributed by atoms with Crippen molar-refractivity contribution in [3.63, 3.8) is 0 Å². The lowest BCUT2D eigenvalue weighted by molar-refractivity contribution is -0.137. The molecule has 0 aliphatic carbocycles. The zero-order chi connectivity index (χ0) is 17.6. The first-order valence-corrected chi connectivity index (χ1v) is 8.92. The van der Waals surface area contributed by atoms with Crippen LogP contribution in [0.1, 0.15) is 11.3 Å². The van der Waals surface area contributed by atoms with E-state index in [9.17, 15) is 4.79 Å². The number of aromatic nitrogens is 1. The average molecular weight is 353 g/mol. The van der Waals surface area contributed by atoms with Crippen molar-refractivity contribution in [2.24, 2.45) is 0 Å². The van der Waals surface area contributed by atoms with Gasteiger partial charge in [-0.05, 0) is 36.8 Å². The number of fused-ring (bicyclic) bond motifs is 1. The van der Waals surface area contributed by atoms with Gasteiger partial charge < -0.3 is 9.47 Å². The maximum Gasteiger partial charge on any atom is 0.315 e. The van der Waals surface area contributed by atoms with Gasteiger partial charge in [0.05, 0.1) is 18.4 Å². The summed E-state index contributed by atoms with van der Waals surface area (Å²) in [4.78, 5) is 17.0. The molecule has 0 unspecified atom stereocenters. The maximum absolute atomic E-state index is 11.4. The van der Waals surface area contributed by atoms with E-state index >= 15 is 0 Å². The number of nitrogens with zero attached hydrogens (tertiary/aromatic N) is 1. The van der Waals surface area contributed by atoms with Crippen molar-refractivity contribution in [1.29, 1.82) is 0 Å². The van der Waals surface area contributed by atoms with Crippen LogP contribution in [0.4, 0.5) is 0 Å². The number of esters is 1. The lowest BCUT2D eigenvalue weighted by atomic mass is 10.2. The van der Waals surface area contributed by atoms with Gasteiger partial charge in [0, 0.05) is 16.0 Å². The molecule has 128 valence electrons. The van der Waals surface area contributed by atoms with Crippen LogP contribution in [0.15, 0.2) is 59.5 Å². The van der Waals surface area contributed by atoms with Gasteiger partial charge in [0.1, 0.15) is 12.4 Å². The fourth-order valence-corrected chi connectivity index (χ4v) is 3.41. The Morgan fingerprint density at radius 1 is 1.12 bits per heavy atom. The molecule has 4 nitrogen and oxygen atoms in total. The summed E-state index contributed by atoms with van der Waals surface area (Å²) >= 11 is 1.45. The predicted molar refractivity (Wildman–Crippen MR) is 100.0 cm³/mol. The first kappa shape index (κ1) is 17.3. The van der Waals surface area contributed by atoms with Gasteiger partial charge in [-0.1, -0.05) is 30.3 Å². The number of carbonyl (C=O) groups is 1. The molecule has 0 saturated carbocycles. The molecule has 3 aromatic rings.